The van der Waals surface area contributed by atoms with Crippen LogP contribution < -0.4 is 9.62 Å². The molecule has 1 aliphatic heterocycles. The van der Waals surface area contributed by atoms with Crippen molar-refractivity contribution in [2.75, 3.05) is 24.5 Å². The third kappa shape index (κ3) is 3.01. The average molecular weight is 365 g/mol. The molecule has 1 aromatic carbocycles. The van der Waals surface area contributed by atoms with Gasteiger partial charge in [0.1, 0.15) is 5.69 Å². The summed E-state index contributed by atoms with van der Waals surface area (Å²) in [5.74, 6) is 1.33. The van der Waals surface area contributed by atoms with Crippen molar-refractivity contribution in [1.82, 2.24) is 4.72 Å². The molecule has 2 atom stereocenters. The molecule has 1 saturated heterocycles. The summed E-state index contributed by atoms with van der Waals surface area (Å²) in [5.41, 5.74) is 2.31. The number of hydrogen-bond acceptors (Lipinski definition) is 5. The molecule has 1 aromatic rings. The van der Waals surface area contributed by atoms with E-state index in [9.17, 15) is 18.5 Å². The van der Waals surface area contributed by atoms with Crippen molar-refractivity contribution < 1.29 is 13.3 Å². The van der Waals surface area contributed by atoms with Gasteiger partial charge in [0, 0.05) is 25.7 Å². The second-order valence-electron chi connectivity index (χ2n) is 7.60. The molecular formula is C17H23N3O4S. The van der Waals surface area contributed by atoms with Crippen molar-refractivity contribution in [3.8, 4) is 0 Å². The van der Waals surface area contributed by atoms with Gasteiger partial charge >= 0.3 is 0 Å². The highest BCUT2D eigenvalue weighted by atomic mass is 32.2. The average Bonchev–Trinajstić information content (AvgIpc) is 3.31. The Balaban J connectivity index is 1.57. The highest BCUT2D eigenvalue weighted by Gasteiger charge is 2.60. The first-order valence-electron chi connectivity index (χ1n) is 8.90. The Morgan fingerprint density at radius 1 is 1.24 bits per heavy atom. The summed E-state index contributed by atoms with van der Waals surface area (Å²) in [7, 11) is -2.61. The fraction of sp³-hybridized carbons (Fsp3) is 0.647. The topological polar surface area (TPSA) is 92.5 Å². The molecule has 0 aromatic heterocycles. The third-order valence-electron chi connectivity index (χ3n) is 6.43. The van der Waals surface area contributed by atoms with Crippen LogP contribution in [0.25, 0.3) is 0 Å². The van der Waals surface area contributed by atoms with Crippen molar-refractivity contribution in [3.05, 3.63) is 33.9 Å². The van der Waals surface area contributed by atoms with Crippen LogP contribution in [0.15, 0.2) is 18.2 Å². The van der Waals surface area contributed by atoms with E-state index in [0.717, 1.165) is 18.7 Å². The van der Waals surface area contributed by atoms with Gasteiger partial charge in [-0.2, -0.15) is 0 Å². The summed E-state index contributed by atoms with van der Waals surface area (Å²) in [6.07, 6.45) is 5.68. The van der Waals surface area contributed by atoms with E-state index in [4.69, 9.17) is 0 Å². The normalized spacial score (nSPS) is 26.4. The molecule has 2 bridgehead atoms. The predicted molar refractivity (Wildman–Crippen MR) is 95.2 cm³/mol. The Hall–Kier alpha value is -1.67. The maximum absolute atomic E-state index is 11.5. The first kappa shape index (κ1) is 16.8. The maximum atomic E-state index is 11.5. The molecule has 3 fully saturated rings. The van der Waals surface area contributed by atoms with Crippen LogP contribution in [0.1, 0.15) is 31.2 Å². The van der Waals surface area contributed by atoms with Crippen LogP contribution in [0, 0.1) is 27.4 Å². The molecule has 2 saturated carbocycles. The van der Waals surface area contributed by atoms with Gasteiger partial charge in [-0.3, -0.25) is 10.1 Å². The lowest BCUT2D eigenvalue weighted by Gasteiger charge is -2.39. The van der Waals surface area contributed by atoms with Gasteiger partial charge < -0.3 is 4.90 Å². The smallest absolute Gasteiger partial charge is 0.292 e. The molecule has 1 N–H and O–H groups in total. The van der Waals surface area contributed by atoms with E-state index in [-0.39, 0.29) is 10.6 Å². The van der Waals surface area contributed by atoms with Crippen LogP contribution in [0.4, 0.5) is 11.4 Å². The van der Waals surface area contributed by atoms with E-state index < -0.39 is 10.9 Å². The molecular weight excluding hydrogens is 342 g/mol. The molecule has 7 nitrogen and oxygen atoms in total. The van der Waals surface area contributed by atoms with Gasteiger partial charge in [0.05, 0.1) is 4.92 Å². The van der Waals surface area contributed by atoms with Gasteiger partial charge in [-0.25, -0.2) is 13.1 Å². The van der Waals surface area contributed by atoms with E-state index in [1.165, 1.54) is 25.7 Å². The van der Waals surface area contributed by atoms with Gasteiger partial charge in [0.15, 0.2) is 0 Å². The summed E-state index contributed by atoms with van der Waals surface area (Å²) < 4.78 is 23.6. The first-order valence-corrected chi connectivity index (χ1v) is 10.1. The lowest BCUT2D eigenvalue weighted by molar-refractivity contribution is -0.384. The van der Waals surface area contributed by atoms with E-state index >= 15 is 0 Å². The number of hydrogen-bond donors (Lipinski definition) is 2. The zero-order valence-electron chi connectivity index (χ0n) is 14.0. The van der Waals surface area contributed by atoms with Gasteiger partial charge in [-0.1, -0.05) is 6.07 Å². The first-order chi connectivity index (χ1) is 12.0. The van der Waals surface area contributed by atoms with Crippen molar-refractivity contribution in [3.63, 3.8) is 0 Å². The number of piperidine rings is 1. The molecule has 0 unspecified atom stereocenters. The monoisotopic (exact) mass is 365 g/mol. The Labute approximate surface area is 148 Å². The number of nitrogens with zero attached hydrogens (tertiary/aromatic N) is 2. The van der Waals surface area contributed by atoms with Gasteiger partial charge in [-0.05, 0) is 61.0 Å². The number of nitro benzene ring substituents is 1. The van der Waals surface area contributed by atoms with Crippen LogP contribution in [-0.4, -0.2) is 33.0 Å². The van der Waals surface area contributed by atoms with E-state index in [1.807, 2.05) is 6.07 Å². The third-order valence-corrected chi connectivity index (χ3v) is 6.91. The molecule has 4 rings (SSSR count). The summed E-state index contributed by atoms with van der Waals surface area (Å²) in [4.78, 5) is 13.4. The van der Waals surface area contributed by atoms with Crippen LogP contribution in [-0.2, 0) is 17.3 Å². The molecule has 1 spiro atoms. The maximum Gasteiger partial charge on any atom is 0.292 e. The zero-order valence-corrected chi connectivity index (χ0v) is 14.9. The van der Waals surface area contributed by atoms with Crippen molar-refractivity contribution in [2.45, 2.75) is 32.1 Å². The largest absolute Gasteiger partial charge is 0.365 e. The van der Waals surface area contributed by atoms with E-state index in [0.29, 0.717) is 35.9 Å². The highest BCUT2D eigenvalue weighted by Crippen LogP contribution is 2.66. The van der Waals surface area contributed by atoms with Gasteiger partial charge in [0.2, 0.25) is 10.9 Å². The second-order valence-corrected chi connectivity index (χ2v) is 8.44. The fourth-order valence-electron chi connectivity index (χ4n) is 5.04. The highest BCUT2D eigenvalue weighted by molar-refractivity contribution is 7.70. The Bertz CT molecular complexity index is 751. The van der Waals surface area contributed by atoms with Crippen LogP contribution in [0.5, 0.6) is 0 Å². The summed E-state index contributed by atoms with van der Waals surface area (Å²) in [6, 6.07) is 5.16. The van der Waals surface area contributed by atoms with Gasteiger partial charge in [-0.15, -0.1) is 0 Å². The SMILES string of the molecule is O=[N+]([O-])c1ccc(CCN[SH](=O)=O)cc1N1C[C@H]2CC[C@@H](C1)C21CC1. The number of thiol groups is 1. The lowest BCUT2D eigenvalue weighted by atomic mass is 9.81. The number of benzene rings is 1. The minimum atomic E-state index is -2.61. The molecule has 0 radical (unpaired) electrons. The minimum absolute atomic E-state index is 0.151. The minimum Gasteiger partial charge on any atom is -0.365 e. The number of anilines is 1. The summed E-state index contributed by atoms with van der Waals surface area (Å²) >= 11 is 0. The lowest BCUT2D eigenvalue weighted by Crippen LogP contribution is -2.43. The molecule has 136 valence electrons. The zero-order chi connectivity index (χ0) is 17.6. The quantitative estimate of drug-likeness (QED) is 0.456. The Morgan fingerprint density at radius 3 is 2.48 bits per heavy atom. The van der Waals surface area contributed by atoms with E-state index in [1.54, 1.807) is 12.1 Å². The fourth-order valence-corrected chi connectivity index (χ4v) is 5.34. The van der Waals surface area contributed by atoms with E-state index in [2.05, 4.69) is 9.62 Å². The number of nitrogens with one attached hydrogen (secondary N) is 1. The molecule has 25 heavy (non-hydrogen) atoms. The predicted octanol–water partition coefficient (Wildman–Crippen LogP) is 1.88. The Kier molecular flexibility index (Phi) is 4.19. The molecule has 8 heteroatoms. The molecule has 2 aliphatic carbocycles. The van der Waals surface area contributed by atoms with Crippen molar-refractivity contribution in [2.24, 2.45) is 17.3 Å². The molecule has 1 heterocycles. The molecule has 3 aliphatic rings. The molecule has 0 amide bonds. The summed E-state index contributed by atoms with van der Waals surface area (Å²) in [6.45, 7) is 2.13. The second kappa shape index (κ2) is 6.25. The van der Waals surface area contributed by atoms with Crippen LogP contribution in [0.2, 0.25) is 0 Å². The standard InChI is InChI=1S/C17H23N3O4S/c21-20(22)15-4-1-12(5-8-18-25(23)24)9-16(15)19-10-13-2-3-14(11-19)17(13)6-7-17/h1,4,9,13-14,25H,2-3,5-8,10-11H2,(H,18,23,24)/t13-,14+. The van der Waals surface area contributed by atoms with Gasteiger partial charge in [0.25, 0.3) is 5.69 Å². The van der Waals surface area contributed by atoms with Crippen LogP contribution >= 0.6 is 0 Å². The summed E-state index contributed by atoms with van der Waals surface area (Å²) in [5, 5.41) is 11.5. The Morgan fingerprint density at radius 2 is 1.92 bits per heavy atom. The number of rotatable bonds is 6. The van der Waals surface area contributed by atoms with Crippen molar-refractivity contribution in [1.29, 1.82) is 0 Å². The van der Waals surface area contributed by atoms with Crippen LogP contribution in [0.3, 0.4) is 0 Å². The number of nitro groups is 1. The van der Waals surface area contributed by atoms with Crippen molar-refractivity contribution >= 4 is 22.3 Å².